The molecule has 0 aliphatic rings. The number of carbonyl (C=O) groups excluding carboxylic acids is 1. The van der Waals surface area contributed by atoms with Crippen molar-refractivity contribution in [2.24, 2.45) is 0 Å². The van der Waals surface area contributed by atoms with Gasteiger partial charge in [-0.2, -0.15) is 0 Å². The van der Waals surface area contributed by atoms with Crippen molar-refractivity contribution < 1.29 is 4.79 Å². The number of rotatable bonds is 5. The molecule has 1 aromatic heterocycles. The molecule has 1 unspecified atom stereocenters. The molecule has 24 heavy (non-hydrogen) atoms. The number of pyridine rings is 1. The maximum atomic E-state index is 12.3. The zero-order valence-electron chi connectivity index (χ0n) is 13.4. The molecular formula is C20H19N3O. The van der Waals surface area contributed by atoms with Crippen molar-refractivity contribution in [3.8, 4) is 0 Å². The Morgan fingerprint density at radius 1 is 0.917 bits per heavy atom. The van der Waals surface area contributed by atoms with E-state index in [-0.39, 0.29) is 11.9 Å². The molecule has 1 atom stereocenters. The number of anilines is 2. The van der Waals surface area contributed by atoms with E-state index < -0.39 is 0 Å². The van der Waals surface area contributed by atoms with Crippen LogP contribution in [-0.4, -0.2) is 10.9 Å². The summed E-state index contributed by atoms with van der Waals surface area (Å²) in [5.74, 6) is -0.225. The highest BCUT2D eigenvalue weighted by molar-refractivity contribution is 6.03. The van der Waals surface area contributed by atoms with E-state index in [1.165, 1.54) is 5.56 Å². The molecule has 1 amide bonds. The van der Waals surface area contributed by atoms with Crippen LogP contribution in [0.15, 0.2) is 79.0 Å². The van der Waals surface area contributed by atoms with Gasteiger partial charge in [0.05, 0.1) is 0 Å². The molecule has 0 saturated heterocycles. The quantitative estimate of drug-likeness (QED) is 0.728. The first-order chi connectivity index (χ1) is 11.7. The molecule has 1 heterocycles. The Kier molecular flexibility index (Phi) is 4.87. The van der Waals surface area contributed by atoms with E-state index in [0.29, 0.717) is 5.69 Å². The Balaban J connectivity index is 1.71. The lowest BCUT2D eigenvalue weighted by Crippen LogP contribution is -2.14. The number of benzene rings is 2. The lowest BCUT2D eigenvalue weighted by atomic mass is 10.1. The Morgan fingerprint density at radius 2 is 1.58 bits per heavy atom. The zero-order chi connectivity index (χ0) is 16.8. The van der Waals surface area contributed by atoms with Gasteiger partial charge in [0.2, 0.25) is 0 Å². The van der Waals surface area contributed by atoms with E-state index in [0.717, 1.165) is 11.4 Å². The zero-order valence-corrected chi connectivity index (χ0v) is 13.4. The molecule has 0 aliphatic carbocycles. The van der Waals surface area contributed by atoms with Crippen molar-refractivity contribution >= 4 is 17.3 Å². The first-order valence-electron chi connectivity index (χ1n) is 7.86. The second-order valence-electron chi connectivity index (χ2n) is 5.53. The van der Waals surface area contributed by atoms with E-state index >= 15 is 0 Å². The van der Waals surface area contributed by atoms with Crippen molar-refractivity contribution in [1.82, 2.24) is 4.98 Å². The lowest BCUT2D eigenvalue weighted by molar-refractivity contribution is 0.102. The van der Waals surface area contributed by atoms with Crippen LogP contribution < -0.4 is 10.6 Å². The van der Waals surface area contributed by atoms with E-state index in [9.17, 15) is 4.79 Å². The molecular weight excluding hydrogens is 298 g/mol. The normalized spacial score (nSPS) is 11.5. The number of hydrogen-bond donors (Lipinski definition) is 2. The number of nitrogens with zero attached hydrogens (tertiary/aromatic N) is 1. The molecule has 0 spiro atoms. The number of hydrogen-bond acceptors (Lipinski definition) is 3. The van der Waals surface area contributed by atoms with Crippen molar-refractivity contribution in [3.63, 3.8) is 0 Å². The van der Waals surface area contributed by atoms with Gasteiger partial charge in [0, 0.05) is 23.6 Å². The average Bonchev–Trinajstić information content (AvgIpc) is 2.63. The molecule has 3 aromatic rings. The van der Waals surface area contributed by atoms with Crippen LogP contribution in [-0.2, 0) is 0 Å². The van der Waals surface area contributed by atoms with Crippen molar-refractivity contribution in [2.75, 3.05) is 10.6 Å². The van der Waals surface area contributed by atoms with Gasteiger partial charge in [-0.1, -0.05) is 48.5 Å². The number of amides is 1. The number of carbonyl (C=O) groups is 1. The van der Waals surface area contributed by atoms with Crippen LogP contribution in [0.4, 0.5) is 11.4 Å². The molecule has 0 radical (unpaired) electrons. The summed E-state index contributed by atoms with van der Waals surface area (Å²) in [6.07, 6.45) is 1.64. The Labute approximate surface area is 141 Å². The predicted molar refractivity (Wildman–Crippen MR) is 97.1 cm³/mol. The molecule has 0 fully saturated rings. The third-order valence-electron chi connectivity index (χ3n) is 3.71. The predicted octanol–water partition coefficient (Wildman–Crippen LogP) is 4.51. The SMILES string of the molecule is CC(Nc1ccnc(C(=O)Nc2ccccc2)c1)c1ccccc1. The monoisotopic (exact) mass is 317 g/mol. The van der Waals surface area contributed by atoms with Crippen LogP contribution in [0, 0.1) is 0 Å². The van der Waals surface area contributed by atoms with Gasteiger partial charge >= 0.3 is 0 Å². The van der Waals surface area contributed by atoms with Gasteiger partial charge < -0.3 is 10.6 Å². The van der Waals surface area contributed by atoms with Crippen LogP contribution in [0.5, 0.6) is 0 Å². The van der Waals surface area contributed by atoms with Gasteiger partial charge in [0.25, 0.3) is 5.91 Å². The van der Waals surface area contributed by atoms with Gasteiger partial charge in [0.1, 0.15) is 5.69 Å². The number of aromatic nitrogens is 1. The van der Waals surface area contributed by atoms with Crippen LogP contribution in [0.3, 0.4) is 0 Å². The summed E-state index contributed by atoms with van der Waals surface area (Å²) in [6, 6.07) is 23.3. The van der Waals surface area contributed by atoms with E-state index in [4.69, 9.17) is 0 Å². The topological polar surface area (TPSA) is 54.0 Å². The van der Waals surface area contributed by atoms with Crippen LogP contribution in [0.1, 0.15) is 29.0 Å². The summed E-state index contributed by atoms with van der Waals surface area (Å²) < 4.78 is 0. The van der Waals surface area contributed by atoms with Gasteiger partial charge in [-0.05, 0) is 36.8 Å². The molecule has 4 nitrogen and oxygen atoms in total. The minimum absolute atomic E-state index is 0.138. The maximum Gasteiger partial charge on any atom is 0.274 e. The Morgan fingerprint density at radius 3 is 2.29 bits per heavy atom. The Bertz CT molecular complexity index is 803. The largest absolute Gasteiger partial charge is 0.378 e. The molecule has 120 valence electrons. The molecule has 0 saturated carbocycles. The van der Waals surface area contributed by atoms with Crippen LogP contribution in [0.2, 0.25) is 0 Å². The van der Waals surface area contributed by atoms with Crippen molar-refractivity contribution in [3.05, 3.63) is 90.3 Å². The van der Waals surface area contributed by atoms with Crippen molar-refractivity contribution in [1.29, 1.82) is 0 Å². The van der Waals surface area contributed by atoms with E-state index in [1.807, 2.05) is 54.6 Å². The summed E-state index contributed by atoms with van der Waals surface area (Å²) >= 11 is 0. The van der Waals surface area contributed by atoms with Gasteiger partial charge in [0.15, 0.2) is 0 Å². The van der Waals surface area contributed by atoms with E-state index in [1.54, 1.807) is 12.3 Å². The molecule has 0 aliphatic heterocycles. The van der Waals surface area contributed by atoms with Gasteiger partial charge in [-0.25, -0.2) is 0 Å². The summed E-state index contributed by atoms with van der Waals surface area (Å²) in [5.41, 5.74) is 3.17. The lowest BCUT2D eigenvalue weighted by Gasteiger charge is -2.16. The smallest absolute Gasteiger partial charge is 0.274 e. The fraction of sp³-hybridized carbons (Fsp3) is 0.100. The third kappa shape index (κ3) is 3.98. The summed E-state index contributed by atoms with van der Waals surface area (Å²) in [4.78, 5) is 16.5. The average molecular weight is 317 g/mol. The Hall–Kier alpha value is -3.14. The first-order valence-corrected chi connectivity index (χ1v) is 7.86. The second kappa shape index (κ2) is 7.42. The van der Waals surface area contributed by atoms with Crippen molar-refractivity contribution in [2.45, 2.75) is 13.0 Å². The fourth-order valence-corrected chi connectivity index (χ4v) is 2.44. The van der Waals surface area contributed by atoms with Gasteiger partial charge in [-0.15, -0.1) is 0 Å². The second-order valence-corrected chi connectivity index (χ2v) is 5.53. The third-order valence-corrected chi connectivity index (χ3v) is 3.71. The highest BCUT2D eigenvalue weighted by Crippen LogP contribution is 2.19. The minimum Gasteiger partial charge on any atom is -0.378 e. The molecule has 3 rings (SSSR count). The summed E-state index contributed by atoms with van der Waals surface area (Å²) in [6.45, 7) is 2.08. The van der Waals surface area contributed by atoms with Crippen LogP contribution >= 0.6 is 0 Å². The van der Waals surface area contributed by atoms with Crippen LogP contribution in [0.25, 0.3) is 0 Å². The van der Waals surface area contributed by atoms with Gasteiger partial charge in [-0.3, -0.25) is 9.78 Å². The molecule has 4 heteroatoms. The number of para-hydroxylation sites is 1. The fourth-order valence-electron chi connectivity index (χ4n) is 2.44. The standard InChI is InChI=1S/C20H19N3O/c1-15(16-8-4-2-5-9-16)22-18-12-13-21-19(14-18)20(24)23-17-10-6-3-7-11-17/h2-15H,1H3,(H,21,22)(H,23,24). The minimum atomic E-state index is -0.225. The molecule has 0 bridgehead atoms. The molecule has 2 aromatic carbocycles. The first kappa shape index (κ1) is 15.7. The summed E-state index contributed by atoms with van der Waals surface area (Å²) in [7, 11) is 0. The van der Waals surface area contributed by atoms with E-state index in [2.05, 4.69) is 34.7 Å². The number of nitrogens with one attached hydrogen (secondary N) is 2. The summed E-state index contributed by atoms with van der Waals surface area (Å²) in [5, 5.41) is 6.24. The maximum absolute atomic E-state index is 12.3. The molecule has 2 N–H and O–H groups in total. The highest BCUT2D eigenvalue weighted by atomic mass is 16.1. The highest BCUT2D eigenvalue weighted by Gasteiger charge is 2.10.